The average molecular weight is 225 g/mol. The van der Waals surface area contributed by atoms with Crippen LogP contribution in [0.1, 0.15) is 10.4 Å². The molecule has 5 heteroatoms. The molecule has 1 N–H and O–H groups in total. The van der Waals surface area contributed by atoms with Crippen LogP contribution in [0.3, 0.4) is 0 Å². The number of nitrogens with one attached hydrogen (secondary N) is 1. The number of hydrogen-bond donors (Lipinski definition) is 1. The molecular formula is C10H11NO3S. The monoisotopic (exact) mass is 225 g/mol. The molecule has 0 bridgehead atoms. The largest absolute Gasteiger partial charge is 0.390 e. The summed E-state index contributed by atoms with van der Waals surface area (Å²) in [5.74, 6) is -0.750. The van der Waals surface area contributed by atoms with Gasteiger partial charge in [0.1, 0.15) is 6.54 Å². The molecule has 0 spiro atoms. The van der Waals surface area contributed by atoms with Gasteiger partial charge in [-0.1, -0.05) is 18.2 Å². The molecule has 0 aliphatic carbocycles. The lowest BCUT2D eigenvalue weighted by Gasteiger charge is -2.03. The van der Waals surface area contributed by atoms with Gasteiger partial charge in [0.05, 0.1) is 12.0 Å². The summed E-state index contributed by atoms with van der Waals surface area (Å²) in [6.45, 7) is -0.117. The Labute approximate surface area is 92.2 Å². The Kier molecular flexibility index (Phi) is 4.70. The Bertz CT molecular complexity index is 340. The minimum absolute atomic E-state index is 0.117. The van der Waals surface area contributed by atoms with Gasteiger partial charge in [-0.2, -0.15) is 0 Å². The number of hydrogen-bond acceptors (Lipinski definition) is 4. The highest BCUT2D eigenvalue weighted by atomic mass is 32.2. The highest BCUT2D eigenvalue weighted by Gasteiger charge is 2.07. The van der Waals surface area contributed by atoms with E-state index in [1.54, 1.807) is 30.5 Å². The zero-order valence-electron chi connectivity index (χ0n) is 8.23. The van der Waals surface area contributed by atoms with Crippen molar-refractivity contribution >= 4 is 23.9 Å². The van der Waals surface area contributed by atoms with Crippen molar-refractivity contribution in [2.75, 3.05) is 12.8 Å². The Hall–Kier alpha value is -1.49. The van der Waals surface area contributed by atoms with Gasteiger partial charge in [-0.3, -0.25) is 4.79 Å². The fourth-order valence-corrected chi connectivity index (χ4v) is 1.21. The molecule has 0 aliphatic rings. The summed E-state index contributed by atoms with van der Waals surface area (Å²) in [6, 6.07) is 8.69. The van der Waals surface area contributed by atoms with Crippen LogP contribution in [0.2, 0.25) is 0 Å². The SMILES string of the molecule is CSOC(=O)CNC(=O)c1ccccc1. The third-order valence-electron chi connectivity index (χ3n) is 1.61. The lowest BCUT2D eigenvalue weighted by molar-refractivity contribution is -0.131. The maximum atomic E-state index is 11.4. The van der Waals surface area contributed by atoms with Crippen LogP contribution in [0.4, 0.5) is 0 Å². The molecule has 0 atom stereocenters. The smallest absolute Gasteiger partial charge is 0.337 e. The molecule has 0 saturated heterocycles. The first-order valence-electron chi connectivity index (χ1n) is 4.31. The van der Waals surface area contributed by atoms with Crippen molar-refractivity contribution in [3.8, 4) is 0 Å². The number of amides is 1. The van der Waals surface area contributed by atoms with Crippen LogP contribution in [0.5, 0.6) is 0 Å². The van der Waals surface area contributed by atoms with E-state index < -0.39 is 5.97 Å². The van der Waals surface area contributed by atoms with Gasteiger partial charge in [0, 0.05) is 11.8 Å². The van der Waals surface area contributed by atoms with E-state index in [0.29, 0.717) is 5.56 Å². The maximum absolute atomic E-state index is 11.4. The van der Waals surface area contributed by atoms with E-state index in [0.717, 1.165) is 12.0 Å². The van der Waals surface area contributed by atoms with Gasteiger partial charge in [0.25, 0.3) is 5.91 Å². The molecule has 0 heterocycles. The van der Waals surface area contributed by atoms with Crippen LogP contribution in [0.15, 0.2) is 30.3 Å². The van der Waals surface area contributed by atoms with Crippen molar-refractivity contribution in [2.45, 2.75) is 0 Å². The highest BCUT2D eigenvalue weighted by molar-refractivity contribution is 7.94. The van der Waals surface area contributed by atoms with Gasteiger partial charge in [-0.15, -0.1) is 0 Å². The standard InChI is InChI=1S/C10H11NO3S/c1-15-14-9(12)7-11-10(13)8-5-3-2-4-6-8/h2-6H,7H2,1H3,(H,11,13). The van der Waals surface area contributed by atoms with Crippen LogP contribution in [-0.2, 0) is 8.98 Å². The third kappa shape index (κ3) is 4.03. The second kappa shape index (κ2) is 6.08. The minimum atomic E-state index is -0.466. The van der Waals surface area contributed by atoms with E-state index in [9.17, 15) is 9.59 Å². The van der Waals surface area contributed by atoms with E-state index in [-0.39, 0.29) is 12.5 Å². The van der Waals surface area contributed by atoms with Gasteiger partial charge < -0.3 is 9.50 Å². The molecule has 0 saturated carbocycles. The number of benzene rings is 1. The van der Waals surface area contributed by atoms with Crippen LogP contribution in [-0.4, -0.2) is 24.7 Å². The lowest BCUT2D eigenvalue weighted by Crippen LogP contribution is -2.29. The minimum Gasteiger partial charge on any atom is -0.390 e. The van der Waals surface area contributed by atoms with Crippen molar-refractivity contribution < 1.29 is 13.8 Å². The van der Waals surface area contributed by atoms with Crippen LogP contribution >= 0.6 is 12.0 Å². The summed E-state index contributed by atoms with van der Waals surface area (Å²) in [5, 5.41) is 2.46. The molecule has 1 aromatic carbocycles. The molecular weight excluding hydrogens is 214 g/mol. The quantitative estimate of drug-likeness (QED) is 0.783. The molecule has 0 aliphatic heterocycles. The third-order valence-corrected chi connectivity index (χ3v) is 1.96. The Morgan fingerprint density at radius 1 is 1.33 bits per heavy atom. The molecule has 0 radical (unpaired) electrons. The number of rotatable bonds is 4. The predicted octanol–water partition coefficient (Wildman–Crippen LogP) is 1.24. The molecule has 0 aromatic heterocycles. The summed E-state index contributed by atoms with van der Waals surface area (Å²) >= 11 is 0.956. The van der Waals surface area contributed by atoms with Crippen molar-refractivity contribution in [1.29, 1.82) is 0 Å². The topological polar surface area (TPSA) is 55.4 Å². The van der Waals surface area contributed by atoms with Crippen molar-refractivity contribution in [3.05, 3.63) is 35.9 Å². The highest BCUT2D eigenvalue weighted by Crippen LogP contribution is 1.98. The lowest BCUT2D eigenvalue weighted by atomic mass is 10.2. The summed E-state index contributed by atoms with van der Waals surface area (Å²) in [4.78, 5) is 22.3. The summed E-state index contributed by atoms with van der Waals surface area (Å²) in [7, 11) is 0. The van der Waals surface area contributed by atoms with Gasteiger partial charge >= 0.3 is 5.97 Å². The second-order valence-corrected chi connectivity index (χ2v) is 3.17. The molecule has 0 unspecified atom stereocenters. The van der Waals surface area contributed by atoms with E-state index in [4.69, 9.17) is 0 Å². The van der Waals surface area contributed by atoms with Crippen molar-refractivity contribution in [3.63, 3.8) is 0 Å². The molecule has 15 heavy (non-hydrogen) atoms. The molecule has 1 amide bonds. The van der Waals surface area contributed by atoms with Crippen LogP contribution in [0, 0.1) is 0 Å². The summed E-state index contributed by atoms with van der Waals surface area (Å²) in [6.07, 6.45) is 1.64. The number of carbonyl (C=O) groups is 2. The van der Waals surface area contributed by atoms with E-state index in [1.807, 2.05) is 6.07 Å². The molecule has 80 valence electrons. The van der Waals surface area contributed by atoms with Gasteiger partial charge in [-0.05, 0) is 12.1 Å². The molecule has 1 rings (SSSR count). The van der Waals surface area contributed by atoms with Gasteiger partial charge in [0.2, 0.25) is 0 Å². The first-order chi connectivity index (χ1) is 7.24. The Morgan fingerprint density at radius 2 is 2.00 bits per heavy atom. The van der Waals surface area contributed by atoms with E-state index in [2.05, 4.69) is 9.50 Å². The predicted molar refractivity (Wildman–Crippen MR) is 58.4 cm³/mol. The van der Waals surface area contributed by atoms with Crippen molar-refractivity contribution in [2.24, 2.45) is 0 Å². The summed E-state index contributed by atoms with van der Waals surface area (Å²) < 4.78 is 4.59. The fourth-order valence-electron chi connectivity index (χ4n) is 0.966. The fraction of sp³-hybridized carbons (Fsp3) is 0.200. The zero-order chi connectivity index (χ0) is 11.1. The van der Waals surface area contributed by atoms with E-state index >= 15 is 0 Å². The Balaban J connectivity index is 2.40. The zero-order valence-corrected chi connectivity index (χ0v) is 9.04. The first kappa shape index (κ1) is 11.6. The molecule has 1 aromatic rings. The average Bonchev–Trinajstić information content (AvgIpc) is 2.27. The maximum Gasteiger partial charge on any atom is 0.337 e. The number of carbonyl (C=O) groups excluding carboxylic acids is 2. The first-order valence-corrected chi connectivity index (χ1v) is 5.45. The van der Waals surface area contributed by atoms with Crippen molar-refractivity contribution in [1.82, 2.24) is 5.32 Å². The Morgan fingerprint density at radius 3 is 2.60 bits per heavy atom. The van der Waals surface area contributed by atoms with Gasteiger partial charge in [0.15, 0.2) is 0 Å². The van der Waals surface area contributed by atoms with Gasteiger partial charge in [-0.25, -0.2) is 4.79 Å². The summed E-state index contributed by atoms with van der Waals surface area (Å²) in [5.41, 5.74) is 0.523. The molecule has 0 fully saturated rings. The van der Waals surface area contributed by atoms with Crippen LogP contribution < -0.4 is 5.32 Å². The van der Waals surface area contributed by atoms with E-state index in [1.165, 1.54) is 0 Å². The normalized spacial score (nSPS) is 9.40. The second-order valence-electron chi connectivity index (χ2n) is 2.67. The van der Waals surface area contributed by atoms with Crippen LogP contribution in [0.25, 0.3) is 0 Å². The molecule has 4 nitrogen and oxygen atoms in total.